The van der Waals surface area contributed by atoms with Crippen molar-refractivity contribution >= 4 is 11.7 Å². The highest BCUT2D eigenvalue weighted by atomic mass is 16.5. The second-order valence-electron chi connectivity index (χ2n) is 8.82. The van der Waals surface area contributed by atoms with Gasteiger partial charge >= 0.3 is 0 Å². The van der Waals surface area contributed by atoms with E-state index >= 15 is 0 Å². The van der Waals surface area contributed by atoms with Gasteiger partial charge in [0.05, 0.1) is 12.7 Å². The third-order valence-corrected chi connectivity index (χ3v) is 6.13. The van der Waals surface area contributed by atoms with Crippen molar-refractivity contribution in [3.63, 3.8) is 0 Å². The molecule has 0 radical (unpaired) electrons. The quantitative estimate of drug-likeness (QED) is 0.502. The van der Waals surface area contributed by atoms with Gasteiger partial charge in [-0.1, -0.05) is 13.8 Å². The number of carbonyl (C=O) groups excluding carboxylic acids is 2. The van der Waals surface area contributed by atoms with E-state index < -0.39 is 0 Å². The number of carbonyl (C=O) groups is 2. The zero-order valence-corrected chi connectivity index (χ0v) is 19.5. The van der Waals surface area contributed by atoms with Gasteiger partial charge in [0.25, 0.3) is 0 Å². The molecule has 0 unspecified atom stereocenters. The normalized spacial score (nSPS) is 27.1. The van der Waals surface area contributed by atoms with Crippen LogP contribution in [-0.2, 0) is 19.1 Å². The first-order valence-electron chi connectivity index (χ1n) is 11.9. The summed E-state index contributed by atoms with van der Waals surface area (Å²) >= 11 is 0. The summed E-state index contributed by atoms with van der Waals surface area (Å²) in [4.78, 5) is 23.5. The van der Waals surface area contributed by atoms with Crippen molar-refractivity contribution in [1.29, 1.82) is 0 Å². The van der Waals surface area contributed by atoms with Gasteiger partial charge in [0.15, 0.2) is 0 Å². The minimum atomic E-state index is 0. The molecule has 2 rings (SSSR count). The molecule has 0 aliphatic heterocycles. The maximum Gasteiger partial charge on any atom is 0.222 e. The van der Waals surface area contributed by atoms with E-state index in [0.29, 0.717) is 31.0 Å². The number of ether oxygens (including phenoxy) is 2. The fourth-order valence-corrected chi connectivity index (χ4v) is 4.25. The van der Waals surface area contributed by atoms with Gasteiger partial charge in [-0.3, -0.25) is 9.59 Å². The predicted octanol–water partition coefficient (Wildman–Crippen LogP) is 5.16. The molecular formula is C24H47NO4. The summed E-state index contributed by atoms with van der Waals surface area (Å²) < 4.78 is 11.5. The van der Waals surface area contributed by atoms with Crippen LogP contribution in [0.15, 0.2) is 0 Å². The number of rotatable bonds is 10. The van der Waals surface area contributed by atoms with Crippen LogP contribution in [0.5, 0.6) is 0 Å². The first-order valence-corrected chi connectivity index (χ1v) is 11.9. The van der Waals surface area contributed by atoms with Gasteiger partial charge in [0, 0.05) is 33.0 Å². The lowest BCUT2D eigenvalue weighted by Gasteiger charge is -2.29. The highest BCUT2D eigenvalue weighted by Crippen LogP contribution is 2.29. The van der Waals surface area contributed by atoms with Crippen molar-refractivity contribution in [2.45, 2.75) is 105 Å². The number of nitrogens with one attached hydrogen (secondary N) is 1. The van der Waals surface area contributed by atoms with E-state index in [9.17, 15) is 9.59 Å². The van der Waals surface area contributed by atoms with Crippen molar-refractivity contribution in [3.8, 4) is 0 Å². The zero-order chi connectivity index (χ0) is 21.6. The average Bonchev–Trinajstić information content (AvgIpc) is 2.72. The number of hydrogen-bond acceptors (Lipinski definition) is 4. The van der Waals surface area contributed by atoms with E-state index in [-0.39, 0.29) is 25.1 Å². The molecule has 0 aromatic rings. The first-order chi connectivity index (χ1) is 13.9. The molecule has 5 heteroatoms. The minimum absolute atomic E-state index is 0. The molecule has 172 valence electrons. The van der Waals surface area contributed by atoms with E-state index in [1.807, 2.05) is 13.8 Å². The van der Waals surface area contributed by atoms with Gasteiger partial charge in [0.2, 0.25) is 5.91 Å². The second kappa shape index (κ2) is 15.0. The maximum absolute atomic E-state index is 12.1. The van der Waals surface area contributed by atoms with Gasteiger partial charge in [-0.05, 0) is 84.0 Å². The van der Waals surface area contributed by atoms with Crippen molar-refractivity contribution < 1.29 is 20.5 Å². The largest absolute Gasteiger partial charge is 0.381 e. The Balaban J connectivity index is 0.00000272. The summed E-state index contributed by atoms with van der Waals surface area (Å²) in [6, 6.07) is 0.233. The number of amides is 1. The summed E-state index contributed by atoms with van der Waals surface area (Å²) in [6.45, 7) is 12.0. The summed E-state index contributed by atoms with van der Waals surface area (Å²) in [7, 11) is 0. The summed E-state index contributed by atoms with van der Waals surface area (Å²) in [5.41, 5.74) is 0. The van der Waals surface area contributed by atoms with Crippen LogP contribution in [0.25, 0.3) is 0 Å². The van der Waals surface area contributed by atoms with Gasteiger partial charge < -0.3 is 14.8 Å². The molecule has 0 atom stereocenters. The van der Waals surface area contributed by atoms with E-state index in [1.165, 1.54) is 25.7 Å². The SMILES string of the molecule is CC.CC(=O)C1CCC(NC(=O)CCOCC2CCC(COC(C)C)CC2)CC1.[HH]. The highest BCUT2D eigenvalue weighted by molar-refractivity contribution is 5.78. The third-order valence-electron chi connectivity index (χ3n) is 6.13. The Hall–Kier alpha value is -0.940. The Bertz CT molecular complexity index is 456. The van der Waals surface area contributed by atoms with Crippen molar-refractivity contribution in [2.75, 3.05) is 19.8 Å². The predicted molar refractivity (Wildman–Crippen MR) is 120 cm³/mol. The topological polar surface area (TPSA) is 64.6 Å². The average molecular weight is 414 g/mol. The summed E-state index contributed by atoms with van der Waals surface area (Å²) in [5.74, 6) is 1.90. The molecule has 0 saturated heterocycles. The Morgan fingerprint density at radius 2 is 1.48 bits per heavy atom. The molecule has 2 aliphatic carbocycles. The molecule has 1 amide bonds. The molecule has 0 aromatic heterocycles. The van der Waals surface area contributed by atoms with Crippen LogP contribution in [0.4, 0.5) is 0 Å². The lowest BCUT2D eigenvalue weighted by molar-refractivity contribution is -0.123. The van der Waals surface area contributed by atoms with Crippen LogP contribution in [0, 0.1) is 17.8 Å². The molecule has 0 aromatic carbocycles. The molecule has 29 heavy (non-hydrogen) atoms. The van der Waals surface area contributed by atoms with Gasteiger partial charge in [0.1, 0.15) is 5.78 Å². The molecule has 2 aliphatic rings. The van der Waals surface area contributed by atoms with Crippen LogP contribution in [-0.4, -0.2) is 43.7 Å². The van der Waals surface area contributed by atoms with Crippen LogP contribution < -0.4 is 5.32 Å². The first kappa shape index (κ1) is 26.1. The Kier molecular flexibility index (Phi) is 13.5. The Morgan fingerprint density at radius 3 is 2.00 bits per heavy atom. The summed E-state index contributed by atoms with van der Waals surface area (Å²) in [6.07, 6.45) is 9.26. The fourth-order valence-electron chi connectivity index (χ4n) is 4.25. The Labute approximate surface area is 180 Å². The van der Waals surface area contributed by atoms with Gasteiger partial charge in [-0.25, -0.2) is 0 Å². The molecule has 2 fully saturated rings. The van der Waals surface area contributed by atoms with Crippen molar-refractivity contribution in [3.05, 3.63) is 0 Å². The molecule has 0 bridgehead atoms. The standard InChI is InChI=1S/C22H39NO4.C2H6.H2/c1-16(2)27-15-19-6-4-18(5-7-19)14-26-13-12-22(25)23-21-10-8-20(9-11-21)17(3)24;1-2;/h16,18-21H,4-15H2,1-3H3,(H,23,25);1-2H3;1H. The van der Waals surface area contributed by atoms with Crippen LogP contribution >= 0.6 is 0 Å². The van der Waals surface area contributed by atoms with Crippen molar-refractivity contribution in [1.82, 2.24) is 5.32 Å². The maximum atomic E-state index is 12.1. The lowest BCUT2D eigenvalue weighted by Crippen LogP contribution is -2.38. The van der Waals surface area contributed by atoms with Crippen LogP contribution in [0.3, 0.4) is 0 Å². The minimum Gasteiger partial charge on any atom is -0.381 e. The smallest absolute Gasteiger partial charge is 0.222 e. The Morgan fingerprint density at radius 1 is 0.931 bits per heavy atom. The van der Waals surface area contributed by atoms with E-state index in [4.69, 9.17) is 9.47 Å². The van der Waals surface area contributed by atoms with Gasteiger partial charge in [-0.15, -0.1) is 0 Å². The molecule has 0 heterocycles. The molecule has 0 spiro atoms. The molecule has 1 N–H and O–H groups in total. The number of Topliss-reactive ketones (excluding diaryl/α,β-unsaturated/α-hetero) is 1. The second-order valence-corrected chi connectivity index (χ2v) is 8.82. The zero-order valence-electron chi connectivity index (χ0n) is 19.5. The van der Waals surface area contributed by atoms with Gasteiger partial charge in [-0.2, -0.15) is 0 Å². The number of hydrogen-bond donors (Lipinski definition) is 1. The molecular weight excluding hydrogens is 366 g/mol. The molecule has 2 saturated carbocycles. The van der Waals surface area contributed by atoms with Crippen molar-refractivity contribution in [2.24, 2.45) is 17.8 Å². The fraction of sp³-hybridized carbons (Fsp3) is 0.917. The molecule has 5 nitrogen and oxygen atoms in total. The third kappa shape index (κ3) is 11.1. The van der Waals surface area contributed by atoms with E-state index in [1.54, 1.807) is 6.92 Å². The lowest BCUT2D eigenvalue weighted by atomic mass is 9.83. The van der Waals surface area contributed by atoms with E-state index in [0.717, 1.165) is 38.9 Å². The van der Waals surface area contributed by atoms with Crippen LogP contribution in [0.2, 0.25) is 0 Å². The number of ketones is 1. The highest BCUT2D eigenvalue weighted by Gasteiger charge is 2.25. The summed E-state index contributed by atoms with van der Waals surface area (Å²) in [5, 5.41) is 3.10. The van der Waals surface area contributed by atoms with E-state index in [2.05, 4.69) is 19.2 Å². The monoisotopic (exact) mass is 413 g/mol. The van der Waals surface area contributed by atoms with Crippen LogP contribution in [0.1, 0.15) is 93.8 Å².